The molecule has 2 aromatic carbocycles. The second-order valence-corrected chi connectivity index (χ2v) is 11.7. The predicted octanol–water partition coefficient (Wildman–Crippen LogP) is 10.5. The van der Waals surface area contributed by atoms with Gasteiger partial charge in [0.1, 0.15) is 23.3 Å². The van der Waals surface area contributed by atoms with Crippen molar-refractivity contribution in [3.8, 4) is 5.75 Å². The van der Waals surface area contributed by atoms with E-state index >= 15 is 0 Å². The van der Waals surface area contributed by atoms with E-state index in [1.165, 1.54) is 18.6 Å². The molecule has 278 valence electrons. The summed E-state index contributed by atoms with van der Waals surface area (Å²) in [5, 5.41) is 8.91. The van der Waals surface area contributed by atoms with Gasteiger partial charge in [0, 0.05) is 52.0 Å². The summed E-state index contributed by atoms with van der Waals surface area (Å²) in [6.45, 7) is 19.5. The van der Waals surface area contributed by atoms with Crippen LogP contribution in [0.5, 0.6) is 5.75 Å². The number of aromatic nitrogens is 1. The second-order valence-electron chi connectivity index (χ2n) is 10.6. The molecule has 10 heteroatoms. The van der Waals surface area contributed by atoms with E-state index in [-0.39, 0.29) is 34.6 Å². The number of likely N-dealkylation sites (N-methyl/N-ethyl adjacent to an activating group) is 1. The largest absolute Gasteiger partial charge is 0.483 e. The van der Waals surface area contributed by atoms with Crippen LogP contribution < -0.4 is 10.2 Å². The number of amides is 1. The van der Waals surface area contributed by atoms with Crippen LogP contribution in [0.1, 0.15) is 115 Å². The molecule has 7 nitrogen and oxygen atoms in total. The third kappa shape index (κ3) is 13.5. The lowest BCUT2D eigenvalue weighted by Crippen LogP contribution is -2.42. The molecule has 4 rings (SSSR count). The van der Waals surface area contributed by atoms with Crippen LogP contribution in [0.3, 0.4) is 0 Å². The first kappa shape index (κ1) is 46.2. The number of allylic oxidation sites excluding steroid dienone is 2. The van der Waals surface area contributed by atoms with Gasteiger partial charge in [0.05, 0.1) is 5.56 Å². The summed E-state index contributed by atoms with van der Waals surface area (Å²) < 4.78 is 40.3. The number of benzene rings is 2. The van der Waals surface area contributed by atoms with Crippen molar-refractivity contribution in [1.29, 1.82) is 5.41 Å². The normalized spacial score (nSPS) is 12.3. The van der Waals surface area contributed by atoms with Gasteiger partial charge in [-0.2, -0.15) is 0 Å². The minimum absolute atomic E-state index is 0.0316. The van der Waals surface area contributed by atoms with Gasteiger partial charge in [-0.3, -0.25) is 15.0 Å². The third-order valence-corrected chi connectivity index (χ3v) is 8.02. The number of thioether (sulfide) groups is 1. The highest BCUT2D eigenvalue weighted by molar-refractivity contribution is 8.17. The zero-order valence-corrected chi connectivity index (χ0v) is 32.8. The van der Waals surface area contributed by atoms with Gasteiger partial charge in [-0.25, -0.2) is 8.78 Å². The Bertz CT molecular complexity index is 1520. The van der Waals surface area contributed by atoms with Crippen LogP contribution in [0.15, 0.2) is 70.5 Å². The summed E-state index contributed by atoms with van der Waals surface area (Å²) in [6, 6.07) is 12.9. The molecule has 0 radical (unpaired) electrons. The lowest BCUT2D eigenvalue weighted by atomic mass is 9.95. The maximum atomic E-state index is 14.7. The van der Waals surface area contributed by atoms with Crippen molar-refractivity contribution in [2.24, 2.45) is 0 Å². The van der Waals surface area contributed by atoms with Crippen LogP contribution >= 0.6 is 11.8 Å². The Morgan fingerprint density at radius 2 is 1.56 bits per heavy atom. The van der Waals surface area contributed by atoms with Crippen molar-refractivity contribution in [2.75, 3.05) is 27.3 Å². The van der Waals surface area contributed by atoms with Crippen LogP contribution in [0.25, 0.3) is 0 Å². The zero-order valence-electron chi connectivity index (χ0n) is 32.0. The predicted molar refractivity (Wildman–Crippen MR) is 207 cm³/mol. The van der Waals surface area contributed by atoms with Gasteiger partial charge in [0.2, 0.25) is 5.43 Å². The van der Waals surface area contributed by atoms with Gasteiger partial charge in [0.25, 0.3) is 5.91 Å². The SMILES string of the molecule is CC.CC.CC/C=C(/SC(=N)c1cn2c(c(OCc3ccccc3)c1=O)C(=O)N(CC)CC2)C(CC)c1ccc(F)cc1F.CCC.COC. The van der Waals surface area contributed by atoms with Crippen molar-refractivity contribution in [3.63, 3.8) is 0 Å². The first-order valence-electron chi connectivity index (χ1n) is 17.7. The van der Waals surface area contributed by atoms with E-state index in [1.54, 1.807) is 29.9 Å². The van der Waals surface area contributed by atoms with Crippen LogP contribution in [0.4, 0.5) is 8.78 Å². The lowest BCUT2D eigenvalue weighted by molar-refractivity contribution is 0.0704. The summed E-state index contributed by atoms with van der Waals surface area (Å²) >= 11 is 1.08. The van der Waals surface area contributed by atoms with Crippen LogP contribution in [-0.4, -0.2) is 47.7 Å². The number of nitrogens with zero attached hydrogens (tertiary/aromatic N) is 2. The Kier molecular flexibility index (Phi) is 24.1. The molecule has 0 fully saturated rings. The topological polar surface area (TPSA) is 84.6 Å². The Hall–Kier alpha value is -3.76. The second kappa shape index (κ2) is 26.1. The van der Waals surface area contributed by atoms with E-state index in [0.717, 1.165) is 23.4 Å². The number of carbonyl (C=O) groups excluding carboxylic acids is 1. The number of ether oxygens (including phenoxy) is 2. The molecule has 50 heavy (non-hydrogen) atoms. The highest BCUT2D eigenvalue weighted by Gasteiger charge is 2.31. The smallest absolute Gasteiger partial charge is 0.274 e. The summed E-state index contributed by atoms with van der Waals surface area (Å²) in [5.74, 6) is -2.08. The Balaban J connectivity index is 0.00000217. The molecule has 1 aromatic heterocycles. The van der Waals surface area contributed by atoms with Gasteiger partial charge < -0.3 is 18.9 Å². The molecule has 0 saturated heterocycles. The molecule has 1 unspecified atom stereocenters. The van der Waals surface area contributed by atoms with Crippen molar-refractivity contribution >= 4 is 22.7 Å². The highest BCUT2D eigenvalue weighted by Crippen LogP contribution is 2.38. The third-order valence-electron chi connectivity index (χ3n) is 6.91. The number of fused-ring (bicyclic) bond motifs is 1. The van der Waals surface area contributed by atoms with Gasteiger partial charge in [-0.1, -0.05) is 116 Å². The first-order valence-corrected chi connectivity index (χ1v) is 18.5. The quantitative estimate of drug-likeness (QED) is 0.167. The highest BCUT2D eigenvalue weighted by atomic mass is 32.2. The number of rotatable bonds is 10. The van der Waals surface area contributed by atoms with Crippen LogP contribution in [0, 0.1) is 17.0 Å². The maximum absolute atomic E-state index is 14.7. The van der Waals surface area contributed by atoms with E-state index in [1.807, 2.05) is 84.9 Å². The van der Waals surface area contributed by atoms with E-state index < -0.39 is 23.0 Å². The Morgan fingerprint density at radius 1 is 0.960 bits per heavy atom. The summed E-state index contributed by atoms with van der Waals surface area (Å²) in [5.41, 5.74) is 0.920. The molecular formula is C40H59F2N3O4S. The number of halogens is 2. The fraction of sp³-hybridized carbons (Fsp3) is 0.475. The maximum Gasteiger partial charge on any atom is 0.274 e. The number of hydrogen-bond donors (Lipinski definition) is 1. The standard InChI is InChI=1S/C31H33F2N3O3S.C3H8.C2H6O.2C2H6/c1-4-10-26(22(5-2)23-14-13-21(32)17-25(23)33)40-30(34)24-18-36-16-15-35(6-3)31(38)27(36)29(28(24)37)39-19-20-11-8-7-9-12-20;2*1-3-2;2*1-2/h7-14,17-18,22,34H,4-6,15-16,19H2,1-3H3;3H2,1-2H3;1-2H3;2*1-2H3/b26-10+,34-30?;;;;. The van der Waals surface area contributed by atoms with Crippen LogP contribution in [0.2, 0.25) is 0 Å². The molecule has 0 saturated carbocycles. The number of carbonyl (C=O) groups is 1. The minimum atomic E-state index is -0.654. The van der Waals surface area contributed by atoms with E-state index in [4.69, 9.17) is 10.1 Å². The average Bonchev–Trinajstić information content (AvgIpc) is 3.12. The first-order chi connectivity index (χ1) is 24.1. The van der Waals surface area contributed by atoms with Crippen molar-refractivity contribution in [3.05, 3.63) is 110 Å². The summed E-state index contributed by atoms with van der Waals surface area (Å²) in [6.07, 6.45) is 5.85. The van der Waals surface area contributed by atoms with E-state index in [2.05, 4.69) is 18.6 Å². The lowest BCUT2D eigenvalue weighted by Gasteiger charge is -2.30. The molecule has 1 atom stereocenters. The van der Waals surface area contributed by atoms with Crippen molar-refractivity contribution < 1.29 is 23.0 Å². The van der Waals surface area contributed by atoms with Crippen molar-refractivity contribution in [1.82, 2.24) is 9.47 Å². The molecule has 1 amide bonds. The minimum Gasteiger partial charge on any atom is -0.483 e. The fourth-order valence-corrected chi connectivity index (χ4v) is 6.01. The Morgan fingerprint density at radius 3 is 2.08 bits per heavy atom. The van der Waals surface area contributed by atoms with E-state index in [9.17, 15) is 18.4 Å². The molecular weight excluding hydrogens is 657 g/mol. The van der Waals surface area contributed by atoms with Crippen LogP contribution in [-0.2, 0) is 17.9 Å². The number of methoxy groups -OCH3 is 1. The summed E-state index contributed by atoms with van der Waals surface area (Å²) in [7, 11) is 3.25. The van der Waals surface area contributed by atoms with E-state index in [0.29, 0.717) is 42.9 Å². The Labute approximate surface area is 303 Å². The molecule has 0 bridgehead atoms. The number of hydrogen-bond acceptors (Lipinski definition) is 6. The fourth-order valence-electron chi connectivity index (χ4n) is 4.83. The molecule has 2 heterocycles. The molecule has 1 aliphatic rings. The molecule has 1 N–H and O–H groups in total. The van der Waals surface area contributed by atoms with Gasteiger partial charge in [0.15, 0.2) is 11.4 Å². The van der Waals surface area contributed by atoms with Gasteiger partial charge in [-0.15, -0.1) is 0 Å². The molecule has 3 aromatic rings. The van der Waals surface area contributed by atoms with Gasteiger partial charge in [-0.05, 0) is 41.9 Å². The summed E-state index contributed by atoms with van der Waals surface area (Å²) in [4.78, 5) is 29.4. The zero-order chi connectivity index (χ0) is 38.2. The number of pyridine rings is 1. The molecule has 1 aliphatic heterocycles. The van der Waals surface area contributed by atoms with Crippen molar-refractivity contribution in [2.45, 2.75) is 101 Å². The number of nitrogens with one attached hydrogen (secondary N) is 1. The molecule has 0 aliphatic carbocycles. The average molecular weight is 716 g/mol. The monoisotopic (exact) mass is 715 g/mol. The van der Waals surface area contributed by atoms with Gasteiger partial charge >= 0.3 is 0 Å². The molecule has 0 spiro atoms.